The maximum absolute atomic E-state index is 10.2. The number of hydrogen-bond donors (Lipinski definition) is 2. The van der Waals surface area contributed by atoms with Gasteiger partial charge in [0.1, 0.15) is 0 Å². The third-order valence-corrected chi connectivity index (χ3v) is 2.83. The minimum absolute atomic E-state index is 0.154. The second-order valence-corrected chi connectivity index (χ2v) is 4.49. The van der Waals surface area contributed by atoms with Gasteiger partial charge in [0.2, 0.25) is 0 Å². The highest BCUT2D eigenvalue weighted by Gasteiger charge is 2.38. The first-order valence-corrected chi connectivity index (χ1v) is 4.28. The van der Waals surface area contributed by atoms with Crippen LogP contribution in [0.3, 0.4) is 0 Å². The minimum Gasteiger partial charge on any atom is -0.450 e. The van der Waals surface area contributed by atoms with Gasteiger partial charge in [-0.3, -0.25) is 5.32 Å². The topological polar surface area (TPSA) is 58.6 Å². The van der Waals surface area contributed by atoms with Crippen LogP contribution >= 0.6 is 11.8 Å². The zero-order chi connectivity index (χ0) is 8.48. The van der Waals surface area contributed by atoms with E-state index >= 15 is 0 Å². The molecular formula is C6H11NO3S. The Kier molecular flexibility index (Phi) is 2.29. The van der Waals surface area contributed by atoms with Gasteiger partial charge in [0.15, 0.2) is 6.23 Å². The van der Waals surface area contributed by atoms with Crippen molar-refractivity contribution in [1.82, 2.24) is 5.32 Å². The zero-order valence-electron chi connectivity index (χ0n) is 6.46. The summed E-state index contributed by atoms with van der Waals surface area (Å²) >= 11 is 1.65. The van der Waals surface area contributed by atoms with Gasteiger partial charge in [-0.2, -0.15) is 0 Å². The van der Waals surface area contributed by atoms with Crippen LogP contribution in [0.2, 0.25) is 0 Å². The number of nitrogens with one attached hydrogen (secondary N) is 1. The van der Waals surface area contributed by atoms with Crippen LogP contribution in [-0.4, -0.2) is 28.1 Å². The summed E-state index contributed by atoms with van der Waals surface area (Å²) < 4.78 is 4.46. The highest BCUT2D eigenvalue weighted by molar-refractivity contribution is 8.00. The van der Waals surface area contributed by atoms with Crippen LogP contribution in [0.25, 0.3) is 0 Å². The molecule has 1 heterocycles. The Bertz CT molecular complexity index is 171. The van der Waals surface area contributed by atoms with Gasteiger partial charge in [0.25, 0.3) is 0 Å². The minimum atomic E-state index is -1.22. The molecule has 1 saturated heterocycles. The first-order valence-electron chi connectivity index (χ1n) is 3.29. The third kappa shape index (κ3) is 2.00. The first kappa shape index (κ1) is 8.67. The molecule has 4 nitrogen and oxygen atoms in total. The largest absolute Gasteiger partial charge is 0.507 e. The molecule has 0 saturated carbocycles. The van der Waals surface area contributed by atoms with E-state index in [1.54, 1.807) is 11.8 Å². The lowest BCUT2D eigenvalue weighted by Gasteiger charge is -2.23. The van der Waals surface area contributed by atoms with Crippen LogP contribution in [0.4, 0.5) is 4.79 Å². The van der Waals surface area contributed by atoms with Gasteiger partial charge in [-0.05, 0) is 13.8 Å². The molecule has 0 spiro atoms. The lowest BCUT2D eigenvalue weighted by atomic mass is 10.2. The molecule has 0 amide bonds. The van der Waals surface area contributed by atoms with Crippen molar-refractivity contribution in [1.29, 1.82) is 0 Å². The number of carboxylic acid groups (broad SMARTS) is 1. The van der Waals surface area contributed by atoms with Crippen molar-refractivity contribution in [3.8, 4) is 0 Å². The third-order valence-electron chi connectivity index (χ3n) is 1.56. The van der Waals surface area contributed by atoms with Gasteiger partial charge in [0, 0.05) is 5.88 Å². The molecule has 1 unspecified atom stereocenters. The van der Waals surface area contributed by atoms with E-state index in [1.807, 2.05) is 13.8 Å². The number of hydrogen-bond acceptors (Lipinski definition) is 4. The molecule has 1 rings (SSSR count). The van der Waals surface area contributed by atoms with E-state index in [4.69, 9.17) is 5.11 Å². The molecule has 0 bridgehead atoms. The van der Waals surface area contributed by atoms with E-state index in [-0.39, 0.29) is 11.0 Å². The van der Waals surface area contributed by atoms with Crippen LogP contribution in [0.5, 0.6) is 0 Å². The monoisotopic (exact) mass is 177 g/mol. The van der Waals surface area contributed by atoms with Gasteiger partial charge in [-0.1, -0.05) is 0 Å². The fourth-order valence-electron chi connectivity index (χ4n) is 0.909. The summed E-state index contributed by atoms with van der Waals surface area (Å²) in [6.45, 7) is 3.90. The van der Waals surface area contributed by atoms with Crippen molar-refractivity contribution in [2.75, 3.05) is 5.88 Å². The van der Waals surface area contributed by atoms with E-state index in [9.17, 15) is 4.79 Å². The molecule has 0 aromatic heterocycles. The molecule has 5 heteroatoms. The van der Waals surface area contributed by atoms with E-state index in [0.717, 1.165) is 5.88 Å². The van der Waals surface area contributed by atoms with Gasteiger partial charge in [-0.15, -0.1) is 11.8 Å². The SMILES string of the molecule is CC1(C)SCNC1OC(=O)O. The molecule has 0 aliphatic carbocycles. The van der Waals surface area contributed by atoms with Crippen molar-refractivity contribution in [3.05, 3.63) is 0 Å². The second kappa shape index (κ2) is 2.91. The van der Waals surface area contributed by atoms with Crippen LogP contribution in [0.15, 0.2) is 0 Å². The lowest BCUT2D eigenvalue weighted by Crippen LogP contribution is -2.40. The van der Waals surface area contributed by atoms with Crippen LogP contribution in [0.1, 0.15) is 13.8 Å². The number of ether oxygens (including phenoxy) is 1. The number of rotatable bonds is 1. The molecule has 1 aliphatic rings. The maximum atomic E-state index is 10.2. The van der Waals surface area contributed by atoms with E-state index in [1.165, 1.54) is 0 Å². The Morgan fingerprint density at radius 1 is 1.82 bits per heavy atom. The molecule has 11 heavy (non-hydrogen) atoms. The Labute approximate surface area is 69.3 Å². The molecule has 1 aliphatic heterocycles. The van der Waals surface area contributed by atoms with Gasteiger partial charge in [-0.25, -0.2) is 4.79 Å². The van der Waals surface area contributed by atoms with E-state index < -0.39 is 6.16 Å². The summed E-state index contributed by atoms with van der Waals surface area (Å²) in [4.78, 5) is 10.2. The average molecular weight is 177 g/mol. The molecule has 1 atom stereocenters. The van der Waals surface area contributed by atoms with Crippen molar-refractivity contribution in [3.63, 3.8) is 0 Å². The summed E-state index contributed by atoms with van der Waals surface area (Å²) in [6, 6.07) is 0. The lowest BCUT2D eigenvalue weighted by molar-refractivity contribution is 0.0305. The van der Waals surface area contributed by atoms with Crippen molar-refractivity contribution >= 4 is 17.9 Å². The van der Waals surface area contributed by atoms with E-state index in [2.05, 4.69) is 10.1 Å². The molecule has 0 aromatic rings. The summed E-state index contributed by atoms with van der Waals surface area (Å²) in [5.41, 5.74) is 0. The predicted octanol–water partition coefficient (Wildman–Crippen LogP) is 1.08. The quantitative estimate of drug-likeness (QED) is 0.587. The Hall–Kier alpha value is -0.420. The van der Waals surface area contributed by atoms with Gasteiger partial charge in [0.05, 0.1) is 4.75 Å². The molecule has 1 fully saturated rings. The molecular weight excluding hydrogens is 166 g/mol. The zero-order valence-corrected chi connectivity index (χ0v) is 7.27. The number of thioether (sulfide) groups is 1. The standard InChI is InChI=1S/C6H11NO3S/c1-6(2)4(7-3-11-6)10-5(8)9/h4,7H,3H2,1-2H3,(H,8,9). The maximum Gasteiger partial charge on any atom is 0.507 e. The fraction of sp³-hybridized carbons (Fsp3) is 0.833. The van der Waals surface area contributed by atoms with Crippen molar-refractivity contribution in [2.45, 2.75) is 24.8 Å². The summed E-state index contributed by atoms with van der Waals surface area (Å²) in [5.74, 6) is 0.741. The molecule has 0 radical (unpaired) electrons. The fourth-order valence-corrected chi connectivity index (χ4v) is 1.80. The molecule has 2 N–H and O–H groups in total. The highest BCUT2D eigenvalue weighted by atomic mass is 32.2. The normalized spacial score (nSPS) is 28.4. The number of carbonyl (C=O) groups is 1. The smallest absolute Gasteiger partial charge is 0.450 e. The highest BCUT2D eigenvalue weighted by Crippen LogP contribution is 2.33. The average Bonchev–Trinajstić information content (AvgIpc) is 2.10. The molecule has 0 aromatic carbocycles. The van der Waals surface area contributed by atoms with Crippen molar-refractivity contribution in [2.24, 2.45) is 0 Å². The van der Waals surface area contributed by atoms with Gasteiger partial charge < -0.3 is 9.84 Å². The van der Waals surface area contributed by atoms with Crippen LogP contribution < -0.4 is 5.32 Å². The van der Waals surface area contributed by atoms with Gasteiger partial charge >= 0.3 is 6.16 Å². The Morgan fingerprint density at radius 3 is 2.82 bits per heavy atom. The second-order valence-electron chi connectivity index (χ2n) is 2.86. The van der Waals surface area contributed by atoms with Crippen LogP contribution in [0, 0.1) is 0 Å². The summed E-state index contributed by atoms with van der Waals surface area (Å²) in [5, 5.41) is 11.3. The molecule has 64 valence electrons. The Balaban J connectivity index is 2.51. The van der Waals surface area contributed by atoms with Crippen LogP contribution in [-0.2, 0) is 4.74 Å². The predicted molar refractivity (Wildman–Crippen MR) is 42.6 cm³/mol. The summed E-state index contributed by atoms with van der Waals surface area (Å²) in [6.07, 6.45) is -1.61. The Morgan fingerprint density at radius 2 is 2.45 bits per heavy atom. The van der Waals surface area contributed by atoms with Crippen molar-refractivity contribution < 1.29 is 14.6 Å². The van der Waals surface area contributed by atoms with E-state index in [0.29, 0.717) is 0 Å². The summed E-state index contributed by atoms with van der Waals surface area (Å²) in [7, 11) is 0. The first-order chi connectivity index (χ1) is 5.02.